The number of anilines is 2. The number of nitrogens with zero attached hydrogens (tertiary/aromatic N) is 1. The summed E-state index contributed by atoms with van der Waals surface area (Å²) in [4.78, 5) is 4.65. The molecule has 2 nitrogen and oxygen atoms in total. The van der Waals surface area contributed by atoms with Gasteiger partial charge in [0.2, 0.25) is 0 Å². The van der Waals surface area contributed by atoms with E-state index in [2.05, 4.69) is 58.8 Å². The first-order chi connectivity index (χ1) is 10.9. The Morgan fingerprint density at radius 1 is 0.727 bits per heavy atom. The first kappa shape index (κ1) is 13.0. The highest BCUT2D eigenvalue weighted by molar-refractivity contribution is 7.22. The van der Waals surface area contributed by atoms with Gasteiger partial charge in [-0.3, -0.25) is 0 Å². The summed E-state index contributed by atoms with van der Waals surface area (Å²) >= 11 is 1.67. The van der Waals surface area contributed by atoms with Crippen LogP contribution in [0.3, 0.4) is 0 Å². The number of fused-ring (bicyclic) bond motifs is 1. The average Bonchev–Trinajstić information content (AvgIpc) is 2.98. The molecule has 1 N–H and O–H groups in total. The second-order valence-electron chi connectivity index (χ2n) is 5.02. The van der Waals surface area contributed by atoms with E-state index < -0.39 is 0 Å². The maximum absolute atomic E-state index is 4.65. The summed E-state index contributed by atoms with van der Waals surface area (Å²) in [5.41, 5.74) is 4.49. The fourth-order valence-electron chi connectivity index (χ4n) is 2.50. The molecule has 0 bridgehead atoms. The van der Waals surface area contributed by atoms with Crippen LogP contribution >= 0.6 is 11.3 Å². The van der Waals surface area contributed by atoms with Gasteiger partial charge < -0.3 is 5.32 Å². The molecule has 0 unspecified atom stereocenters. The number of thiazole rings is 1. The molecule has 0 radical (unpaired) electrons. The third-order valence-corrected chi connectivity index (χ3v) is 4.50. The molecule has 106 valence electrons. The molecule has 1 heterocycles. The van der Waals surface area contributed by atoms with Gasteiger partial charge in [-0.15, -0.1) is 0 Å². The van der Waals surface area contributed by atoms with Gasteiger partial charge in [0.05, 0.1) is 10.2 Å². The standard InChI is InChI=1S/C19H14N2S/c1-2-8-14(9-3-1)15-10-4-5-11-16(15)20-19-21-17-12-6-7-13-18(17)22-19/h1-13H,(H,20,21). The summed E-state index contributed by atoms with van der Waals surface area (Å²) in [6.45, 7) is 0. The molecule has 3 heteroatoms. The van der Waals surface area contributed by atoms with Crippen LogP contribution in [0.5, 0.6) is 0 Å². The van der Waals surface area contributed by atoms with Crippen LogP contribution < -0.4 is 5.32 Å². The Balaban J connectivity index is 1.74. The Labute approximate surface area is 133 Å². The van der Waals surface area contributed by atoms with Crippen molar-refractivity contribution in [1.29, 1.82) is 0 Å². The van der Waals surface area contributed by atoms with Gasteiger partial charge >= 0.3 is 0 Å². The summed E-state index contributed by atoms with van der Waals surface area (Å²) in [6, 6.07) is 26.9. The highest BCUT2D eigenvalue weighted by Gasteiger charge is 2.07. The minimum absolute atomic E-state index is 0.921. The number of nitrogens with one attached hydrogen (secondary N) is 1. The van der Waals surface area contributed by atoms with Gasteiger partial charge in [-0.05, 0) is 23.8 Å². The van der Waals surface area contributed by atoms with Gasteiger partial charge in [0.1, 0.15) is 0 Å². The third-order valence-electron chi connectivity index (χ3n) is 3.55. The molecule has 1 aromatic heterocycles. The molecule has 0 aliphatic carbocycles. The zero-order chi connectivity index (χ0) is 14.8. The minimum atomic E-state index is 0.921. The molecular weight excluding hydrogens is 288 g/mol. The number of para-hydroxylation sites is 2. The Hall–Kier alpha value is -2.65. The fourth-order valence-corrected chi connectivity index (χ4v) is 3.38. The van der Waals surface area contributed by atoms with Gasteiger partial charge in [0, 0.05) is 11.3 Å². The molecule has 0 atom stereocenters. The van der Waals surface area contributed by atoms with E-state index >= 15 is 0 Å². The minimum Gasteiger partial charge on any atom is -0.331 e. The van der Waals surface area contributed by atoms with Crippen LogP contribution in [0.15, 0.2) is 78.9 Å². The third kappa shape index (κ3) is 2.47. The van der Waals surface area contributed by atoms with Crippen LogP contribution in [0.25, 0.3) is 21.3 Å². The van der Waals surface area contributed by atoms with Crippen molar-refractivity contribution in [2.24, 2.45) is 0 Å². The number of rotatable bonds is 3. The van der Waals surface area contributed by atoms with E-state index in [-0.39, 0.29) is 0 Å². The lowest BCUT2D eigenvalue weighted by Crippen LogP contribution is -1.92. The van der Waals surface area contributed by atoms with Crippen LogP contribution in [0, 0.1) is 0 Å². The first-order valence-electron chi connectivity index (χ1n) is 7.17. The van der Waals surface area contributed by atoms with E-state index in [0.717, 1.165) is 16.3 Å². The maximum Gasteiger partial charge on any atom is 0.188 e. The lowest BCUT2D eigenvalue weighted by atomic mass is 10.0. The number of benzene rings is 3. The quantitative estimate of drug-likeness (QED) is 0.524. The van der Waals surface area contributed by atoms with E-state index in [9.17, 15) is 0 Å². The molecule has 0 aliphatic rings. The van der Waals surface area contributed by atoms with Gasteiger partial charge in [-0.2, -0.15) is 0 Å². The Morgan fingerprint density at radius 2 is 1.45 bits per heavy atom. The van der Waals surface area contributed by atoms with E-state index in [1.54, 1.807) is 11.3 Å². The molecule has 3 aromatic carbocycles. The van der Waals surface area contributed by atoms with Crippen molar-refractivity contribution in [2.45, 2.75) is 0 Å². The highest BCUT2D eigenvalue weighted by atomic mass is 32.1. The van der Waals surface area contributed by atoms with Crippen molar-refractivity contribution in [2.75, 3.05) is 5.32 Å². The Kier molecular flexibility index (Phi) is 3.33. The summed E-state index contributed by atoms with van der Waals surface area (Å²) < 4.78 is 1.20. The van der Waals surface area contributed by atoms with Crippen LogP contribution in [0.4, 0.5) is 10.8 Å². The molecule has 0 spiro atoms. The topological polar surface area (TPSA) is 24.9 Å². The SMILES string of the molecule is c1ccc(-c2ccccc2Nc2nc3ccccc3s2)cc1. The monoisotopic (exact) mass is 302 g/mol. The van der Waals surface area contributed by atoms with Crippen molar-refractivity contribution in [3.05, 3.63) is 78.9 Å². The molecule has 4 rings (SSSR count). The van der Waals surface area contributed by atoms with Gasteiger partial charge in [0.15, 0.2) is 5.13 Å². The summed E-state index contributed by atoms with van der Waals surface area (Å²) in [5, 5.41) is 4.39. The predicted octanol–water partition coefficient (Wildman–Crippen LogP) is 5.71. The van der Waals surface area contributed by atoms with Crippen LogP contribution in [0.2, 0.25) is 0 Å². The smallest absolute Gasteiger partial charge is 0.188 e. The van der Waals surface area contributed by atoms with Crippen molar-refractivity contribution in [3.8, 4) is 11.1 Å². The van der Waals surface area contributed by atoms with E-state index in [0.29, 0.717) is 0 Å². The molecule has 22 heavy (non-hydrogen) atoms. The second-order valence-corrected chi connectivity index (χ2v) is 6.05. The van der Waals surface area contributed by atoms with Crippen molar-refractivity contribution < 1.29 is 0 Å². The zero-order valence-corrected chi connectivity index (χ0v) is 12.7. The number of hydrogen-bond donors (Lipinski definition) is 1. The van der Waals surface area contributed by atoms with Crippen LogP contribution in [-0.4, -0.2) is 4.98 Å². The van der Waals surface area contributed by atoms with Crippen LogP contribution in [0.1, 0.15) is 0 Å². The van der Waals surface area contributed by atoms with Gasteiger partial charge in [0.25, 0.3) is 0 Å². The normalized spacial score (nSPS) is 10.7. The van der Waals surface area contributed by atoms with E-state index in [4.69, 9.17) is 0 Å². The first-order valence-corrected chi connectivity index (χ1v) is 7.99. The van der Waals surface area contributed by atoms with Gasteiger partial charge in [-0.1, -0.05) is 72.0 Å². The second kappa shape index (κ2) is 5.62. The molecule has 0 saturated heterocycles. The van der Waals surface area contributed by atoms with Crippen molar-refractivity contribution in [3.63, 3.8) is 0 Å². The Bertz CT molecular complexity index is 880. The summed E-state index contributed by atoms with van der Waals surface area (Å²) in [7, 11) is 0. The van der Waals surface area contributed by atoms with E-state index in [1.165, 1.54) is 15.8 Å². The zero-order valence-electron chi connectivity index (χ0n) is 11.9. The fraction of sp³-hybridized carbons (Fsp3) is 0. The van der Waals surface area contributed by atoms with Gasteiger partial charge in [-0.25, -0.2) is 4.98 Å². The largest absolute Gasteiger partial charge is 0.331 e. The predicted molar refractivity (Wildman–Crippen MR) is 94.8 cm³/mol. The van der Waals surface area contributed by atoms with E-state index in [1.807, 2.05) is 30.3 Å². The molecule has 0 aliphatic heterocycles. The molecule has 4 aromatic rings. The number of aromatic nitrogens is 1. The Morgan fingerprint density at radius 3 is 2.32 bits per heavy atom. The molecule has 0 fully saturated rings. The lowest BCUT2D eigenvalue weighted by molar-refractivity contribution is 1.44. The van der Waals surface area contributed by atoms with Crippen molar-refractivity contribution >= 4 is 32.4 Å². The molecular formula is C19H14N2S. The molecule has 0 amide bonds. The van der Waals surface area contributed by atoms with Crippen molar-refractivity contribution in [1.82, 2.24) is 4.98 Å². The number of hydrogen-bond acceptors (Lipinski definition) is 3. The summed E-state index contributed by atoms with van der Waals surface area (Å²) in [5.74, 6) is 0. The van der Waals surface area contributed by atoms with Crippen LogP contribution in [-0.2, 0) is 0 Å². The summed E-state index contributed by atoms with van der Waals surface area (Å²) in [6.07, 6.45) is 0. The molecule has 0 saturated carbocycles. The maximum atomic E-state index is 4.65. The average molecular weight is 302 g/mol. The lowest BCUT2D eigenvalue weighted by Gasteiger charge is -2.10. The highest BCUT2D eigenvalue weighted by Crippen LogP contribution is 2.33.